The summed E-state index contributed by atoms with van der Waals surface area (Å²) in [5.74, 6) is 0. The van der Waals surface area contributed by atoms with Gasteiger partial charge in [0.25, 0.3) is 0 Å². The minimum absolute atomic E-state index is 0. The van der Waals surface area contributed by atoms with Crippen LogP contribution in [0.3, 0.4) is 0 Å². The van der Waals surface area contributed by atoms with Gasteiger partial charge in [-0.25, -0.2) is 0 Å². The highest BCUT2D eigenvalue weighted by Gasteiger charge is 1.82. The van der Waals surface area contributed by atoms with Crippen molar-refractivity contribution in [2.45, 2.75) is 6.54 Å². The topological polar surface area (TPSA) is 59.1 Å². The van der Waals surface area contributed by atoms with E-state index in [-0.39, 0.29) is 22.5 Å². The van der Waals surface area contributed by atoms with Crippen molar-refractivity contribution in [3.63, 3.8) is 0 Å². The monoisotopic (exact) mass is 205 g/mol. The van der Waals surface area contributed by atoms with Gasteiger partial charge in [-0.3, -0.25) is 0 Å². The summed E-state index contributed by atoms with van der Waals surface area (Å²) in [7, 11) is 0. The first-order valence-corrected chi connectivity index (χ1v) is 2.76. The van der Waals surface area contributed by atoms with Crippen molar-refractivity contribution in [2.24, 2.45) is 0 Å². The van der Waals surface area contributed by atoms with E-state index in [4.69, 9.17) is 0 Å². The summed E-state index contributed by atoms with van der Waals surface area (Å²) in [5.41, 5.74) is 5.05. The van der Waals surface area contributed by atoms with Crippen molar-refractivity contribution in [3.8, 4) is 0 Å². The molecular weight excluding hydrogens is 194 g/mol. The lowest BCUT2D eigenvalue weighted by Crippen LogP contribution is -3.00. The highest BCUT2D eigenvalue weighted by molar-refractivity contribution is 5.12. The molecule has 0 aliphatic rings. The van der Waals surface area contributed by atoms with Crippen LogP contribution in [-0.4, -0.2) is 5.48 Å². The average molecular weight is 206 g/mol. The maximum atomic E-state index is 3.76. The molecule has 0 unspecified atom stereocenters. The largest absolute Gasteiger partial charge is 1.00 e. The molecule has 1 aromatic carbocycles. The van der Waals surface area contributed by atoms with Crippen molar-refractivity contribution >= 4 is 0 Å². The highest BCUT2D eigenvalue weighted by atomic mass is 79.9. The van der Waals surface area contributed by atoms with E-state index in [0.29, 0.717) is 0 Å². The lowest BCUT2D eigenvalue weighted by atomic mass is 10.2. The molecule has 0 saturated heterocycles. The number of hydrogen-bond donors (Lipinski definition) is 1. The zero-order valence-electron chi connectivity index (χ0n) is 5.68. The number of quaternary nitrogens is 1. The number of halogens is 1. The van der Waals surface area contributed by atoms with Crippen LogP contribution in [0.1, 0.15) is 5.56 Å². The van der Waals surface area contributed by atoms with E-state index in [1.165, 1.54) is 5.56 Å². The molecule has 0 spiro atoms. The number of rotatable bonds is 1. The molecule has 2 nitrogen and oxygen atoms in total. The van der Waals surface area contributed by atoms with Crippen molar-refractivity contribution in [3.05, 3.63) is 35.9 Å². The lowest BCUT2D eigenvalue weighted by molar-refractivity contribution is -0.386. The van der Waals surface area contributed by atoms with Gasteiger partial charge in [0.1, 0.15) is 0 Å². The summed E-state index contributed by atoms with van der Waals surface area (Å²) < 4.78 is 0. The summed E-state index contributed by atoms with van der Waals surface area (Å²) in [5, 5.41) is 0. The molecule has 0 atom stereocenters. The first-order chi connectivity index (χ1) is 3.93. The Morgan fingerprint density at radius 2 is 1.60 bits per heavy atom. The van der Waals surface area contributed by atoms with E-state index in [2.05, 4.69) is 17.9 Å². The van der Waals surface area contributed by atoms with Gasteiger partial charge in [0, 0.05) is 5.56 Å². The summed E-state index contributed by atoms with van der Waals surface area (Å²) in [6.07, 6.45) is 0. The Morgan fingerprint density at radius 3 is 1.90 bits per heavy atom. The van der Waals surface area contributed by atoms with Crippen LogP contribution < -0.4 is 22.7 Å². The van der Waals surface area contributed by atoms with Gasteiger partial charge < -0.3 is 28.2 Å². The predicted molar refractivity (Wildman–Crippen MR) is 36.6 cm³/mol. The Hall–Kier alpha value is -0.380. The average Bonchev–Trinajstić information content (AvgIpc) is 1.90. The van der Waals surface area contributed by atoms with Crippen molar-refractivity contribution in [1.29, 1.82) is 0 Å². The predicted octanol–water partition coefficient (Wildman–Crippen LogP) is -3.39. The smallest absolute Gasteiger partial charge is 0.0997 e. The molecule has 58 valence electrons. The Labute approximate surface area is 71.1 Å². The molecule has 0 saturated carbocycles. The van der Waals surface area contributed by atoms with Gasteiger partial charge in [-0.05, 0) is 0 Å². The van der Waals surface area contributed by atoms with E-state index in [0.717, 1.165) is 6.54 Å². The number of benzene rings is 1. The number of hydrogen-bond acceptors (Lipinski definition) is 0. The van der Waals surface area contributed by atoms with Crippen LogP contribution in [0.4, 0.5) is 0 Å². The summed E-state index contributed by atoms with van der Waals surface area (Å²) in [4.78, 5) is 0. The lowest BCUT2D eigenvalue weighted by Gasteiger charge is -1.87. The maximum absolute atomic E-state index is 3.76. The SMILES string of the molecule is O.[Br-].[NH3+]Cc1ccccc1. The molecule has 0 radical (unpaired) electrons. The molecule has 5 N–H and O–H groups in total. The van der Waals surface area contributed by atoms with E-state index in [1.807, 2.05) is 18.2 Å². The molecule has 10 heavy (non-hydrogen) atoms. The molecule has 0 bridgehead atoms. The molecule has 0 aliphatic heterocycles. The molecule has 0 amide bonds. The Balaban J connectivity index is 0. The minimum Gasteiger partial charge on any atom is -1.00 e. The summed E-state index contributed by atoms with van der Waals surface area (Å²) in [6, 6.07) is 10.2. The zero-order valence-corrected chi connectivity index (χ0v) is 7.26. The van der Waals surface area contributed by atoms with E-state index in [9.17, 15) is 0 Å². The zero-order chi connectivity index (χ0) is 5.82. The Bertz CT molecular complexity index is 155. The fourth-order valence-electron chi connectivity index (χ4n) is 0.645. The Kier molecular flexibility index (Phi) is 8.29. The van der Waals surface area contributed by atoms with Crippen LogP contribution in [0.5, 0.6) is 0 Å². The third kappa shape index (κ3) is 3.61. The van der Waals surface area contributed by atoms with Gasteiger partial charge in [-0.1, -0.05) is 30.3 Å². The molecule has 3 heteroatoms. The van der Waals surface area contributed by atoms with Crippen molar-refractivity contribution in [1.82, 2.24) is 0 Å². The van der Waals surface area contributed by atoms with Crippen LogP contribution in [-0.2, 0) is 6.54 Å². The van der Waals surface area contributed by atoms with Crippen LogP contribution in [0, 0.1) is 0 Å². The quantitative estimate of drug-likeness (QED) is 0.498. The molecule has 1 rings (SSSR count). The van der Waals surface area contributed by atoms with Gasteiger partial charge in [-0.15, -0.1) is 0 Å². The first kappa shape index (κ1) is 12.3. The molecule has 0 aromatic heterocycles. The highest BCUT2D eigenvalue weighted by Crippen LogP contribution is 1.93. The third-order valence-electron chi connectivity index (χ3n) is 1.13. The minimum atomic E-state index is 0. The van der Waals surface area contributed by atoms with Gasteiger partial charge in [-0.2, -0.15) is 0 Å². The van der Waals surface area contributed by atoms with Crippen LogP contribution in [0.15, 0.2) is 30.3 Å². The van der Waals surface area contributed by atoms with Crippen LogP contribution >= 0.6 is 0 Å². The van der Waals surface area contributed by atoms with Gasteiger partial charge in [0.15, 0.2) is 0 Å². The third-order valence-corrected chi connectivity index (χ3v) is 1.13. The second kappa shape index (κ2) is 6.74. The van der Waals surface area contributed by atoms with Crippen LogP contribution in [0.2, 0.25) is 0 Å². The van der Waals surface area contributed by atoms with Gasteiger partial charge in [0.2, 0.25) is 0 Å². The summed E-state index contributed by atoms with van der Waals surface area (Å²) >= 11 is 0. The van der Waals surface area contributed by atoms with E-state index in [1.54, 1.807) is 0 Å². The first-order valence-electron chi connectivity index (χ1n) is 2.76. The summed E-state index contributed by atoms with van der Waals surface area (Å²) in [6.45, 7) is 0.890. The standard InChI is InChI=1S/C7H9N.BrH.H2O/c8-6-7-4-2-1-3-5-7;;/h1-5H,6,8H2;1H;1H2. The Morgan fingerprint density at radius 1 is 1.10 bits per heavy atom. The fraction of sp³-hybridized carbons (Fsp3) is 0.143. The molecule has 0 heterocycles. The second-order valence-corrected chi connectivity index (χ2v) is 1.74. The fourth-order valence-corrected chi connectivity index (χ4v) is 0.645. The van der Waals surface area contributed by atoms with E-state index >= 15 is 0 Å². The van der Waals surface area contributed by atoms with E-state index < -0.39 is 0 Å². The normalized spacial score (nSPS) is 7.30. The van der Waals surface area contributed by atoms with Crippen LogP contribution in [0.25, 0.3) is 0 Å². The molecule has 0 fully saturated rings. The van der Waals surface area contributed by atoms with Crippen molar-refractivity contribution < 1.29 is 28.2 Å². The van der Waals surface area contributed by atoms with Gasteiger partial charge in [0.05, 0.1) is 6.54 Å². The second-order valence-electron chi connectivity index (χ2n) is 1.74. The molecular formula is C7H12BrNO. The molecule has 0 aliphatic carbocycles. The maximum Gasteiger partial charge on any atom is 0.0997 e. The van der Waals surface area contributed by atoms with Crippen molar-refractivity contribution in [2.75, 3.05) is 0 Å². The molecule has 1 aromatic rings. The van der Waals surface area contributed by atoms with Gasteiger partial charge >= 0.3 is 0 Å².